The van der Waals surface area contributed by atoms with Gasteiger partial charge in [0.25, 0.3) is 0 Å². The monoisotopic (exact) mass is 545 g/mol. The van der Waals surface area contributed by atoms with Gasteiger partial charge in [0, 0.05) is 62.6 Å². The van der Waals surface area contributed by atoms with Crippen LogP contribution in [0.5, 0.6) is 0 Å². The van der Waals surface area contributed by atoms with Crippen LogP contribution < -0.4 is 21.3 Å². The summed E-state index contributed by atoms with van der Waals surface area (Å²) in [5, 5.41) is 11.8. The van der Waals surface area contributed by atoms with E-state index in [0.717, 1.165) is 42.9 Å². The normalized spacial score (nSPS) is 22.5. The fourth-order valence-corrected chi connectivity index (χ4v) is 6.41. The fourth-order valence-electron chi connectivity index (χ4n) is 6.41. The van der Waals surface area contributed by atoms with E-state index in [2.05, 4.69) is 31.2 Å². The van der Waals surface area contributed by atoms with Gasteiger partial charge in [-0.2, -0.15) is 0 Å². The fraction of sp³-hybridized carbons (Fsp3) is 0.483. The van der Waals surface area contributed by atoms with Crippen LogP contribution in [0.4, 0.5) is 11.5 Å². The van der Waals surface area contributed by atoms with Crippen molar-refractivity contribution in [1.82, 2.24) is 25.4 Å². The second kappa shape index (κ2) is 11.0. The maximum absolute atomic E-state index is 12.9. The van der Waals surface area contributed by atoms with E-state index in [9.17, 15) is 19.2 Å². The van der Waals surface area contributed by atoms with E-state index in [4.69, 9.17) is 0 Å². The summed E-state index contributed by atoms with van der Waals surface area (Å²) < 4.78 is 0. The van der Waals surface area contributed by atoms with Gasteiger partial charge in [0.2, 0.25) is 23.6 Å². The maximum Gasteiger partial charge on any atom is 0.243 e. The number of hydrogen-bond acceptors (Lipinski definition) is 7. The molecule has 4 aliphatic rings. The molecule has 4 heterocycles. The van der Waals surface area contributed by atoms with Gasteiger partial charge in [0.1, 0.15) is 5.82 Å². The number of piperazine rings is 1. The maximum atomic E-state index is 12.9. The van der Waals surface area contributed by atoms with Crippen molar-refractivity contribution in [3.8, 4) is 0 Å². The Morgan fingerprint density at radius 2 is 1.80 bits per heavy atom. The van der Waals surface area contributed by atoms with E-state index in [1.807, 2.05) is 35.2 Å². The number of hydrogen-bond donors (Lipinski definition) is 4. The van der Waals surface area contributed by atoms with Crippen molar-refractivity contribution in [2.24, 2.45) is 5.92 Å². The highest BCUT2D eigenvalue weighted by Crippen LogP contribution is 2.46. The van der Waals surface area contributed by atoms with Crippen LogP contribution in [0, 0.1) is 5.92 Å². The number of aromatic nitrogens is 1. The van der Waals surface area contributed by atoms with Gasteiger partial charge in [-0.05, 0) is 55.0 Å². The minimum atomic E-state index is -0.659. The number of anilines is 2. The van der Waals surface area contributed by atoms with Crippen LogP contribution in [-0.4, -0.2) is 90.8 Å². The predicted molar refractivity (Wildman–Crippen MR) is 149 cm³/mol. The molecule has 2 fully saturated rings. The Bertz CT molecular complexity index is 1330. The lowest BCUT2D eigenvalue weighted by atomic mass is 9.79. The largest absolute Gasteiger partial charge is 0.347 e. The van der Waals surface area contributed by atoms with Gasteiger partial charge < -0.3 is 26.2 Å². The van der Waals surface area contributed by atoms with Gasteiger partial charge in [-0.3, -0.25) is 24.1 Å². The number of fused-ring (bicyclic) bond motifs is 3. The number of carbonyl (C=O) groups is 4. The predicted octanol–water partition coefficient (Wildman–Crippen LogP) is 0.269. The summed E-state index contributed by atoms with van der Waals surface area (Å²) >= 11 is 0. The number of piperidine rings is 1. The Morgan fingerprint density at radius 3 is 2.60 bits per heavy atom. The van der Waals surface area contributed by atoms with Crippen molar-refractivity contribution in [2.75, 3.05) is 63.0 Å². The Kier molecular flexibility index (Phi) is 7.24. The standard InChI is InChI=1S/C29H35N7O4/c37-24(17-32-27(39)19-5-10-36(11-6-19)25(38)18-35-12-8-30-9-13-35)33-22-4-3-20-15-29(16-21(20)14-22)23-2-1-7-31-26(23)34-28(29)40/h1-4,7,14,19,30H,5-6,8-13,15-18H2,(H,32,39)(H,33,37)(H,31,34,40). The van der Waals surface area contributed by atoms with Gasteiger partial charge in [-0.15, -0.1) is 0 Å². The molecule has 0 bridgehead atoms. The molecule has 11 nitrogen and oxygen atoms in total. The number of pyridine rings is 1. The molecule has 1 atom stereocenters. The lowest BCUT2D eigenvalue weighted by Crippen LogP contribution is -2.50. The van der Waals surface area contributed by atoms with Crippen molar-refractivity contribution < 1.29 is 19.2 Å². The summed E-state index contributed by atoms with van der Waals surface area (Å²) in [6, 6.07) is 9.51. The number of likely N-dealkylation sites (tertiary alicyclic amines) is 1. The zero-order valence-corrected chi connectivity index (χ0v) is 22.5. The summed E-state index contributed by atoms with van der Waals surface area (Å²) in [5.41, 5.74) is 2.99. The first-order valence-electron chi connectivity index (χ1n) is 14.1. The van der Waals surface area contributed by atoms with Gasteiger partial charge in [0.15, 0.2) is 0 Å². The molecule has 4 amide bonds. The Labute approximate surface area is 233 Å². The van der Waals surface area contributed by atoms with Crippen LogP contribution in [0.15, 0.2) is 36.5 Å². The molecule has 2 aromatic rings. The highest BCUT2D eigenvalue weighted by Gasteiger charge is 2.51. The van der Waals surface area contributed by atoms with E-state index < -0.39 is 5.41 Å². The first-order chi connectivity index (χ1) is 19.4. The van der Waals surface area contributed by atoms with Gasteiger partial charge in [0.05, 0.1) is 18.5 Å². The summed E-state index contributed by atoms with van der Waals surface area (Å²) in [6.07, 6.45) is 4.01. The molecule has 2 saturated heterocycles. The zero-order chi connectivity index (χ0) is 27.7. The molecule has 0 radical (unpaired) electrons. The van der Waals surface area contributed by atoms with Gasteiger partial charge in [-0.25, -0.2) is 4.98 Å². The summed E-state index contributed by atoms with van der Waals surface area (Å²) in [5.74, 6) is 0.0343. The lowest BCUT2D eigenvalue weighted by molar-refractivity contribution is -0.136. The molecule has 3 aliphatic heterocycles. The van der Waals surface area contributed by atoms with Crippen LogP contribution in [0.25, 0.3) is 0 Å². The molecule has 1 spiro atoms. The highest BCUT2D eigenvalue weighted by molar-refractivity contribution is 6.06. The van der Waals surface area contributed by atoms with E-state index in [0.29, 0.717) is 56.8 Å². The Hall–Kier alpha value is -3.83. The van der Waals surface area contributed by atoms with Gasteiger partial charge >= 0.3 is 0 Å². The molecule has 4 N–H and O–H groups in total. The third kappa shape index (κ3) is 5.18. The van der Waals surface area contributed by atoms with Crippen LogP contribution in [-0.2, 0) is 37.4 Å². The van der Waals surface area contributed by atoms with Crippen molar-refractivity contribution >= 4 is 35.1 Å². The Balaban J connectivity index is 0.969. The molecular weight excluding hydrogens is 510 g/mol. The molecule has 11 heteroatoms. The lowest BCUT2D eigenvalue weighted by Gasteiger charge is -2.34. The summed E-state index contributed by atoms with van der Waals surface area (Å²) in [7, 11) is 0. The van der Waals surface area contributed by atoms with E-state index in [1.165, 1.54) is 0 Å². The number of benzene rings is 1. The van der Waals surface area contributed by atoms with E-state index in [1.54, 1.807) is 6.20 Å². The second-order valence-electron chi connectivity index (χ2n) is 11.2. The molecule has 0 saturated carbocycles. The number of nitrogens with zero attached hydrogens (tertiary/aromatic N) is 3. The van der Waals surface area contributed by atoms with Crippen LogP contribution in [0.1, 0.15) is 29.5 Å². The minimum absolute atomic E-state index is 0.0413. The number of carbonyl (C=O) groups excluding carboxylic acids is 4. The van der Waals surface area contributed by atoms with Crippen LogP contribution in [0.2, 0.25) is 0 Å². The summed E-state index contributed by atoms with van der Waals surface area (Å²) in [6.45, 7) is 4.99. The molecule has 40 heavy (non-hydrogen) atoms. The first kappa shape index (κ1) is 26.4. The first-order valence-corrected chi connectivity index (χ1v) is 14.1. The molecule has 210 valence electrons. The molecule has 1 unspecified atom stereocenters. The molecular formula is C29H35N7O4. The minimum Gasteiger partial charge on any atom is -0.347 e. The average molecular weight is 546 g/mol. The quantitative estimate of drug-likeness (QED) is 0.409. The van der Waals surface area contributed by atoms with E-state index >= 15 is 0 Å². The topological polar surface area (TPSA) is 136 Å². The smallest absolute Gasteiger partial charge is 0.243 e. The van der Waals surface area contributed by atoms with E-state index in [-0.39, 0.29) is 36.1 Å². The average Bonchev–Trinajstić information content (AvgIpc) is 3.49. The van der Waals surface area contributed by atoms with Gasteiger partial charge in [-0.1, -0.05) is 12.1 Å². The molecule has 1 aromatic heterocycles. The number of rotatable bonds is 6. The van der Waals surface area contributed by atoms with Crippen LogP contribution in [0.3, 0.4) is 0 Å². The van der Waals surface area contributed by atoms with Crippen molar-refractivity contribution in [3.05, 3.63) is 53.2 Å². The number of nitrogens with one attached hydrogen (secondary N) is 4. The second-order valence-corrected chi connectivity index (χ2v) is 11.2. The molecule has 1 aliphatic carbocycles. The third-order valence-electron chi connectivity index (χ3n) is 8.67. The summed E-state index contributed by atoms with van der Waals surface area (Å²) in [4.78, 5) is 59.2. The third-order valence-corrected chi connectivity index (χ3v) is 8.67. The van der Waals surface area contributed by atoms with Crippen molar-refractivity contribution in [3.63, 3.8) is 0 Å². The van der Waals surface area contributed by atoms with Crippen molar-refractivity contribution in [2.45, 2.75) is 31.1 Å². The SMILES string of the molecule is O=C(CNC(=O)C1CCN(C(=O)CN2CCNCC2)CC1)Nc1ccc2c(c1)CC1(C2)C(=O)Nc2ncccc21. The van der Waals surface area contributed by atoms with Crippen molar-refractivity contribution in [1.29, 1.82) is 0 Å². The Morgan fingerprint density at radius 1 is 1.02 bits per heavy atom. The molecule has 1 aromatic carbocycles. The molecule has 6 rings (SSSR count). The van der Waals surface area contributed by atoms with Crippen LogP contribution >= 0.6 is 0 Å². The highest BCUT2D eigenvalue weighted by atomic mass is 16.2. The number of amides is 4. The zero-order valence-electron chi connectivity index (χ0n) is 22.5.